The molecule has 0 aromatic carbocycles. The van der Waals surface area contributed by atoms with E-state index >= 15 is 0 Å². The van der Waals surface area contributed by atoms with Crippen LogP contribution in [0.4, 0.5) is 0 Å². The van der Waals surface area contributed by atoms with Crippen molar-refractivity contribution in [2.75, 3.05) is 20.2 Å². The Bertz CT molecular complexity index is 409. The van der Waals surface area contributed by atoms with Crippen LogP contribution in [-0.2, 0) is 19.1 Å². The van der Waals surface area contributed by atoms with Gasteiger partial charge in [-0.2, -0.15) is 0 Å². The summed E-state index contributed by atoms with van der Waals surface area (Å²) in [5.74, 6) is -0.423. The van der Waals surface area contributed by atoms with Crippen molar-refractivity contribution in [3.05, 3.63) is 24.0 Å². The molecule has 0 aliphatic carbocycles. The van der Waals surface area contributed by atoms with E-state index in [1.165, 1.54) is 7.05 Å². The second-order valence-corrected chi connectivity index (χ2v) is 4.54. The van der Waals surface area contributed by atoms with E-state index in [1.54, 1.807) is 6.20 Å². The van der Waals surface area contributed by atoms with Gasteiger partial charge in [-0.15, -0.1) is 0 Å². The molecule has 0 aromatic heterocycles. The largest absolute Gasteiger partial charge is 0.462 e. The van der Waals surface area contributed by atoms with Gasteiger partial charge in [-0.25, -0.2) is 0 Å². The molecule has 0 amide bonds. The lowest BCUT2D eigenvalue weighted by Gasteiger charge is -2.26. The summed E-state index contributed by atoms with van der Waals surface area (Å²) in [4.78, 5) is 23.6. The van der Waals surface area contributed by atoms with Crippen molar-refractivity contribution in [1.29, 1.82) is 0 Å². The highest BCUT2D eigenvalue weighted by Crippen LogP contribution is 2.25. The lowest BCUT2D eigenvalue weighted by Crippen LogP contribution is -2.30. The van der Waals surface area contributed by atoms with Crippen molar-refractivity contribution in [2.24, 2.45) is 11.5 Å². The van der Waals surface area contributed by atoms with Crippen LogP contribution >= 0.6 is 0 Å². The van der Waals surface area contributed by atoms with Gasteiger partial charge in [-0.1, -0.05) is 6.08 Å². The summed E-state index contributed by atoms with van der Waals surface area (Å²) < 4.78 is 10.7. The Morgan fingerprint density at radius 3 is 2.95 bits per heavy atom. The summed E-state index contributed by atoms with van der Waals surface area (Å²) in [6.07, 6.45) is 8.58. The lowest BCUT2D eigenvalue weighted by molar-refractivity contribution is -0.146. The first-order valence-corrected chi connectivity index (χ1v) is 6.92. The molecule has 2 unspecified atom stereocenters. The van der Waals surface area contributed by atoms with Gasteiger partial charge in [0.25, 0.3) is 0 Å². The number of nitrogens with two attached hydrogens (primary N) is 2. The predicted octanol–water partition coefficient (Wildman–Crippen LogP) is -0.129. The van der Waals surface area contributed by atoms with Gasteiger partial charge < -0.3 is 25.8 Å². The summed E-state index contributed by atoms with van der Waals surface area (Å²) in [5.41, 5.74) is 10.4. The summed E-state index contributed by atoms with van der Waals surface area (Å²) in [5, 5.41) is 0. The monoisotopic (exact) mass is 297 g/mol. The summed E-state index contributed by atoms with van der Waals surface area (Å²) in [6.45, 7) is 0.116. The quantitative estimate of drug-likeness (QED) is 0.537. The molecule has 4 N–H and O–H groups in total. The molecule has 0 saturated carbocycles. The number of allylic oxidation sites excluding steroid dienone is 2. The molecule has 7 heteroatoms. The first kappa shape index (κ1) is 17.4. The molecule has 2 rings (SSSR count). The van der Waals surface area contributed by atoms with Crippen LogP contribution in [0.25, 0.3) is 0 Å². The molecule has 1 fully saturated rings. The minimum atomic E-state index is -0.423. The van der Waals surface area contributed by atoms with E-state index in [0.717, 1.165) is 24.7 Å². The van der Waals surface area contributed by atoms with Crippen molar-refractivity contribution in [3.8, 4) is 0 Å². The van der Waals surface area contributed by atoms with Crippen molar-refractivity contribution in [3.63, 3.8) is 0 Å². The van der Waals surface area contributed by atoms with Crippen molar-refractivity contribution in [1.82, 2.24) is 4.90 Å². The smallest absolute Gasteiger partial charge is 0.319 e. The minimum absolute atomic E-state index is 0.104. The third-order valence-corrected chi connectivity index (χ3v) is 3.11. The molecular formula is C14H23N3O4. The fraction of sp³-hybridized carbons (Fsp3) is 0.571. The highest BCUT2D eigenvalue weighted by atomic mass is 16.6. The number of carbonyl (C=O) groups excluding carboxylic acids is 2. The summed E-state index contributed by atoms with van der Waals surface area (Å²) in [6, 6.07) is 0. The molecule has 0 radical (unpaired) electrons. The second-order valence-electron chi connectivity index (χ2n) is 4.54. The zero-order valence-corrected chi connectivity index (χ0v) is 12.2. The molecule has 118 valence electrons. The number of nitrogens with zero attached hydrogens (tertiary/aromatic N) is 1. The van der Waals surface area contributed by atoms with Crippen LogP contribution in [0.3, 0.4) is 0 Å². The average Bonchev–Trinajstić information content (AvgIpc) is 3.03. The van der Waals surface area contributed by atoms with Gasteiger partial charge in [0.1, 0.15) is 19.1 Å². The standard InChI is InChI=1S/C13H18N2O4.CH5N/c14-6-13(17)18-9-11-3-4-12(19-11)15-5-1-2-10(7-15)8-16;1-2/h1,5,7-8,11-12H,2-4,6,9,14H2;2H2,1H3. The maximum Gasteiger partial charge on any atom is 0.319 e. The molecule has 2 aliphatic rings. The van der Waals surface area contributed by atoms with Crippen LogP contribution in [0.5, 0.6) is 0 Å². The molecular weight excluding hydrogens is 274 g/mol. The van der Waals surface area contributed by atoms with E-state index in [0.29, 0.717) is 6.42 Å². The van der Waals surface area contributed by atoms with Gasteiger partial charge in [0.05, 0.1) is 12.6 Å². The molecule has 0 bridgehead atoms. The Kier molecular flexibility index (Phi) is 7.66. The van der Waals surface area contributed by atoms with Crippen LogP contribution in [0, 0.1) is 0 Å². The van der Waals surface area contributed by atoms with Crippen LogP contribution in [0.2, 0.25) is 0 Å². The van der Waals surface area contributed by atoms with Crippen molar-refractivity contribution < 1.29 is 19.1 Å². The molecule has 7 nitrogen and oxygen atoms in total. The molecule has 21 heavy (non-hydrogen) atoms. The minimum Gasteiger partial charge on any atom is -0.462 e. The first-order chi connectivity index (χ1) is 10.2. The van der Waals surface area contributed by atoms with Gasteiger partial charge in [0, 0.05) is 18.0 Å². The van der Waals surface area contributed by atoms with E-state index in [2.05, 4.69) is 5.73 Å². The second kappa shape index (κ2) is 9.28. The average molecular weight is 297 g/mol. The topological polar surface area (TPSA) is 108 Å². The Morgan fingerprint density at radius 2 is 2.29 bits per heavy atom. The van der Waals surface area contributed by atoms with Crippen LogP contribution in [0.15, 0.2) is 24.0 Å². The van der Waals surface area contributed by atoms with E-state index < -0.39 is 5.97 Å². The first-order valence-electron chi connectivity index (χ1n) is 6.92. The van der Waals surface area contributed by atoms with E-state index in [4.69, 9.17) is 15.2 Å². The normalized spacial score (nSPS) is 24.0. The number of rotatable bonds is 5. The Balaban J connectivity index is 0.00000106. The number of hydrogen-bond donors (Lipinski definition) is 2. The third-order valence-electron chi connectivity index (χ3n) is 3.11. The van der Waals surface area contributed by atoms with Crippen LogP contribution in [-0.4, -0.2) is 49.7 Å². The number of aldehydes is 1. The van der Waals surface area contributed by atoms with Gasteiger partial charge in [0.2, 0.25) is 0 Å². The Morgan fingerprint density at radius 1 is 1.52 bits per heavy atom. The molecule has 2 atom stereocenters. The highest BCUT2D eigenvalue weighted by molar-refractivity contribution is 5.73. The maximum absolute atomic E-state index is 11.0. The predicted molar refractivity (Wildman–Crippen MR) is 77.8 cm³/mol. The summed E-state index contributed by atoms with van der Waals surface area (Å²) in [7, 11) is 1.50. The molecule has 2 heterocycles. The van der Waals surface area contributed by atoms with Gasteiger partial charge >= 0.3 is 5.97 Å². The van der Waals surface area contributed by atoms with Crippen LogP contribution < -0.4 is 11.5 Å². The maximum atomic E-state index is 11.0. The third kappa shape index (κ3) is 5.30. The number of esters is 1. The molecule has 2 aliphatic heterocycles. The zero-order valence-electron chi connectivity index (χ0n) is 12.2. The molecule has 0 aromatic rings. The fourth-order valence-corrected chi connectivity index (χ4v) is 2.13. The highest BCUT2D eigenvalue weighted by Gasteiger charge is 2.29. The number of hydrogen-bond acceptors (Lipinski definition) is 7. The van der Waals surface area contributed by atoms with E-state index in [9.17, 15) is 9.59 Å². The fourth-order valence-electron chi connectivity index (χ4n) is 2.13. The molecule has 1 saturated heterocycles. The number of carbonyl (C=O) groups is 2. The van der Waals surface area contributed by atoms with Crippen LogP contribution in [0.1, 0.15) is 19.3 Å². The summed E-state index contributed by atoms with van der Waals surface area (Å²) >= 11 is 0. The van der Waals surface area contributed by atoms with E-state index in [1.807, 2.05) is 17.2 Å². The Hall–Kier alpha value is -1.70. The van der Waals surface area contributed by atoms with Crippen molar-refractivity contribution in [2.45, 2.75) is 31.6 Å². The number of ether oxygens (including phenoxy) is 2. The van der Waals surface area contributed by atoms with Crippen molar-refractivity contribution >= 4 is 12.3 Å². The zero-order chi connectivity index (χ0) is 15.7. The van der Waals surface area contributed by atoms with Gasteiger partial charge in [-0.3, -0.25) is 9.59 Å². The Labute approximate surface area is 124 Å². The van der Waals surface area contributed by atoms with Gasteiger partial charge in [-0.05, 0) is 26.3 Å². The van der Waals surface area contributed by atoms with E-state index in [-0.39, 0.29) is 25.5 Å². The van der Waals surface area contributed by atoms with Gasteiger partial charge in [0.15, 0.2) is 0 Å². The lowest BCUT2D eigenvalue weighted by atomic mass is 10.1. The SMILES string of the molecule is CN.NCC(=O)OCC1CCC(N2C=CCC(C=O)=C2)O1. The molecule has 0 spiro atoms.